The number of thiazole rings is 1. The number of carbonyl (C=O) groups is 1. The van der Waals surface area contributed by atoms with Crippen molar-refractivity contribution in [3.8, 4) is 16.3 Å². The third-order valence-corrected chi connectivity index (χ3v) is 6.59. The van der Waals surface area contributed by atoms with Crippen molar-refractivity contribution in [1.82, 2.24) is 14.8 Å². The molecule has 0 unspecified atom stereocenters. The third-order valence-electron chi connectivity index (χ3n) is 5.72. The SMILES string of the molecule is COc1ccccc1-c1nc(C(=O)N2CCCN(CCCc3ccccc3)CC2)cs1. The van der Waals surface area contributed by atoms with Gasteiger partial charge in [-0.05, 0) is 50.0 Å². The molecule has 0 radical (unpaired) electrons. The number of aromatic nitrogens is 1. The molecule has 6 heteroatoms. The summed E-state index contributed by atoms with van der Waals surface area (Å²) in [5, 5.41) is 2.69. The lowest BCUT2D eigenvalue weighted by molar-refractivity contribution is 0.0756. The van der Waals surface area contributed by atoms with Gasteiger partial charge in [0.1, 0.15) is 16.5 Å². The normalized spacial score (nSPS) is 14.9. The van der Waals surface area contributed by atoms with Crippen LogP contribution in [0.25, 0.3) is 10.6 Å². The van der Waals surface area contributed by atoms with Crippen LogP contribution in [0.15, 0.2) is 60.0 Å². The smallest absolute Gasteiger partial charge is 0.273 e. The van der Waals surface area contributed by atoms with Crippen molar-refractivity contribution < 1.29 is 9.53 Å². The Labute approximate surface area is 188 Å². The first-order chi connectivity index (χ1) is 15.2. The highest BCUT2D eigenvalue weighted by molar-refractivity contribution is 7.13. The van der Waals surface area contributed by atoms with E-state index in [1.54, 1.807) is 7.11 Å². The van der Waals surface area contributed by atoms with Gasteiger partial charge >= 0.3 is 0 Å². The third kappa shape index (κ3) is 5.51. The minimum absolute atomic E-state index is 0.0310. The fourth-order valence-electron chi connectivity index (χ4n) is 4.03. The lowest BCUT2D eigenvalue weighted by Crippen LogP contribution is -2.35. The van der Waals surface area contributed by atoms with Crippen LogP contribution in [0, 0.1) is 0 Å². The van der Waals surface area contributed by atoms with Crippen molar-refractivity contribution in [1.29, 1.82) is 0 Å². The van der Waals surface area contributed by atoms with Crippen LogP contribution >= 0.6 is 11.3 Å². The lowest BCUT2D eigenvalue weighted by atomic mass is 10.1. The highest BCUT2D eigenvalue weighted by Gasteiger charge is 2.23. The number of ether oxygens (including phenoxy) is 1. The van der Waals surface area contributed by atoms with Crippen molar-refractivity contribution in [3.05, 3.63) is 71.2 Å². The monoisotopic (exact) mass is 435 g/mol. The largest absolute Gasteiger partial charge is 0.496 e. The van der Waals surface area contributed by atoms with Gasteiger partial charge in [-0.2, -0.15) is 0 Å². The zero-order chi connectivity index (χ0) is 21.5. The molecule has 0 spiro atoms. The molecule has 0 bridgehead atoms. The summed E-state index contributed by atoms with van der Waals surface area (Å²) >= 11 is 1.49. The topological polar surface area (TPSA) is 45.7 Å². The number of aryl methyl sites for hydroxylation is 1. The zero-order valence-corrected chi connectivity index (χ0v) is 18.8. The first-order valence-corrected chi connectivity index (χ1v) is 11.8. The minimum Gasteiger partial charge on any atom is -0.496 e. The van der Waals surface area contributed by atoms with E-state index < -0.39 is 0 Å². The van der Waals surface area contributed by atoms with E-state index in [1.807, 2.05) is 34.5 Å². The highest BCUT2D eigenvalue weighted by atomic mass is 32.1. The molecule has 1 aliphatic rings. The van der Waals surface area contributed by atoms with Crippen molar-refractivity contribution in [2.75, 3.05) is 39.8 Å². The van der Waals surface area contributed by atoms with E-state index in [1.165, 1.54) is 16.9 Å². The number of rotatable bonds is 7. The van der Waals surface area contributed by atoms with Gasteiger partial charge in [-0.25, -0.2) is 4.98 Å². The van der Waals surface area contributed by atoms with Gasteiger partial charge in [-0.1, -0.05) is 42.5 Å². The van der Waals surface area contributed by atoms with Gasteiger partial charge < -0.3 is 14.5 Å². The van der Waals surface area contributed by atoms with E-state index in [0.717, 1.165) is 68.3 Å². The molecule has 1 fully saturated rings. The van der Waals surface area contributed by atoms with Crippen LogP contribution in [0.3, 0.4) is 0 Å². The van der Waals surface area contributed by atoms with Crippen LogP contribution in [0.1, 0.15) is 28.9 Å². The minimum atomic E-state index is 0.0310. The van der Waals surface area contributed by atoms with E-state index in [4.69, 9.17) is 4.74 Å². The fourth-order valence-corrected chi connectivity index (χ4v) is 4.85. The Morgan fingerprint density at radius 2 is 1.84 bits per heavy atom. The van der Waals surface area contributed by atoms with Gasteiger partial charge in [0.25, 0.3) is 5.91 Å². The predicted octanol–water partition coefficient (Wildman–Crippen LogP) is 4.60. The molecule has 3 aromatic rings. The van der Waals surface area contributed by atoms with Crippen LogP contribution in [-0.4, -0.2) is 60.5 Å². The summed E-state index contributed by atoms with van der Waals surface area (Å²) in [4.78, 5) is 22.1. The molecule has 1 amide bonds. The number of hydrogen-bond donors (Lipinski definition) is 0. The Morgan fingerprint density at radius 1 is 1.03 bits per heavy atom. The number of para-hydroxylation sites is 1. The maximum atomic E-state index is 13.1. The van der Waals surface area contributed by atoms with Crippen LogP contribution < -0.4 is 4.74 Å². The van der Waals surface area contributed by atoms with Crippen molar-refractivity contribution in [3.63, 3.8) is 0 Å². The quantitative estimate of drug-likeness (QED) is 0.544. The maximum Gasteiger partial charge on any atom is 0.273 e. The molecule has 1 aliphatic heterocycles. The van der Waals surface area contributed by atoms with Crippen LogP contribution in [0.4, 0.5) is 0 Å². The van der Waals surface area contributed by atoms with Crippen molar-refractivity contribution in [2.45, 2.75) is 19.3 Å². The molecule has 2 heterocycles. The molecule has 162 valence electrons. The van der Waals surface area contributed by atoms with Crippen LogP contribution in [0.2, 0.25) is 0 Å². The Balaban J connectivity index is 1.32. The average Bonchev–Trinajstić information content (AvgIpc) is 3.19. The number of amides is 1. The van der Waals surface area contributed by atoms with E-state index in [-0.39, 0.29) is 5.91 Å². The van der Waals surface area contributed by atoms with Crippen LogP contribution in [-0.2, 0) is 6.42 Å². The van der Waals surface area contributed by atoms with Gasteiger partial charge in [0.15, 0.2) is 0 Å². The summed E-state index contributed by atoms with van der Waals surface area (Å²) in [5.74, 6) is 0.806. The molecule has 1 saturated heterocycles. The summed E-state index contributed by atoms with van der Waals surface area (Å²) in [5.41, 5.74) is 2.85. The second-order valence-electron chi connectivity index (χ2n) is 7.81. The molecule has 0 N–H and O–H groups in total. The van der Waals surface area contributed by atoms with Gasteiger partial charge in [0.2, 0.25) is 0 Å². The first-order valence-electron chi connectivity index (χ1n) is 10.9. The summed E-state index contributed by atoms with van der Waals surface area (Å²) in [6.07, 6.45) is 3.25. The molecule has 31 heavy (non-hydrogen) atoms. The van der Waals surface area contributed by atoms with E-state index in [2.05, 4.69) is 40.2 Å². The van der Waals surface area contributed by atoms with Crippen molar-refractivity contribution in [2.24, 2.45) is 0 Å². The first kappa shape index (κ1) is 21.5. The molecule has 5 nitrogen and oxygen atoms in total. The number of benzene rings is 2. The molecule has 0 saturated carbocycles. The van der Waals surface area contributed by atoms with E-state index in [0.29, 0.717) is 5.69 Å². The predicted molar refractivity (Wildman–Crippen MR) is 126 cm³/mol. The van der Waals surface area contributed by atoms with Crippen LogP contribution in [0.5, 0.6) is 5.75 Å². The number of carbonyl (C=O) groups excluding carboxylic acids is 1. The lowest BCUT2D eigenvalue weighted by Gasteiger charge is -2.21. The number of nitrogens with zero attached hydrogens (tertiary/aromatic N) is 3. The highest BCUT2D eigenvalue weighted by Crippen LogP contribution is 2.32. The Hall–Kier alpha value is -2.70. The summed E-state index contributed by atoms with van der Waals surface area (Å²) in [6.45, 7) is 4.58. The van der Waals surface area contributed by atoms with Crippen molar-refractivity contribution >= 4 is 17.2 Å². The zero-order valence-electron chi connectivity index (χ0n) is 18.0. The second-order valence-corrected chi connectivity index (χ2v) is 8.67. The standard InChI is InChI=1S/C25H29N3O2S/c1-30-23-13-6-5-12-21(23)24-26-22(19-31-24)25(29)28-16-8-15-27(17-18-28)14-7-11-20-9-3-2-4-10-20/h2-6,9-10,12-13,19H,7-8,11,14-18H2,1H3. The maximum absolute atomic E-state index is 13.1. The fraction of sp³-hybridized carbons (Fsp3) is 0.360. The van der Waals surface area contributed by atoms with Gasteiger partial charge in [0, 0.05) is 25.0 Å². The Kier molecular flexibility index (Phi) is 7.33. The summed E-state index contributed by atoms with van der Waals surface area (Å²) < 4.78 is 5.44. The average molecular weight is 436 g/mol. The summed E-state index contributed by atoms with van der Waals surface area (Å²) in [7, 11) is 1.65. The molecule has 1 aromatic heterocycles. The van der Waals surface area contributed by atoms with E-state index >= 15 is 0 Å². The second kappa shape index (κ2) is 10.6. The Morgan fingerprint density at radius 3 is 2.68 bits per heavy atom. The molecule has 2 aromatic carbocycles. The van der Waals surface area contributed by atoms with E-state index in [9.17, 15) is 4.79 Å². The van der Waals surface area contributed by atoms with Gasteiger partial charge in [-0.3, -0.25) is 4.79 Å². The van der Waals surface area contributed by atoms with Gasteiger partial charge in [0.05, 0.1) is 12.7 Å². The molecule has 0 aliphatic carbocycles. The Bertz CT molecular complexity index is 989. The number of methoxy groups -OCH3 is 1. The summed E-state index contributed by atoms with van der Waals surface area (Å²) in [6, 6.07) is 18.4. The molecule has 4 rings (SSSR count). The molecular formula is C25H29N3O2S. The molecule has 0 atom stereocenters. The number of hydrogen-bond acceptors (Lipinski definition) is 5. The molecular weight excluding hydrogens is 406 g/mol. The van der Waals surface area contributed by atoms with Gasteiger partial charge in [-0.15, -0.1) is 11.3 Å².